The fourth-order valence-electron chi connectivity index (χ4n) is 3.54. The van der Waals surface area contributed by atoms with Gasteiger partial charge in [0.05, 0.1) is 25.3 Å². The molecular weight excluding hydrogens is 392 g/mol. The lowest BCUT2D eigenvalue weighted by Gasteiger charge is -2.25. The van der Waals surface area contributed by atoms with Crippen LogP contribution in [0.5, 0.6) is 0 Å². The molecular formula is C20H21ClN6O2. The molecule has 8 nitrogen and oxygen atoms in total. The van der Waals surface area contributed by atoms with E-state index in [0.29, 0.717) is 35.2 Å². The van der Waals surface area contributed by atoms with Gasteiger partial charge in [0, 0.05) is 12.1 Å². The van der Waals surface area contributed by atoms with E-state index in [0.717, 1.165) is 16.8 Å². The topological polar surface area (TPSA) is 77.4 Å². The van der Waals surface area contributed by atoms with E-state index in [1.807, 2.05) is 35.8 Å². The van der Waals surface area contributed by atoms with Crippen molar-refractivity contribution in [3.05, 3.63) is 67.8 Å². The molecule has 0 atom stereocenters. The van der Waals surface area contributed by atoms with Crippen LogP contribution in [0.3, 0.4) is 0 Å². The van der Waals surface area contributed by atoms with Gasteiger partial charge in [-0.1, -0.05) is 35.9 Å². The second-order valence-electron chi connectivity index (χ2n) is 7.38. The normalized spacial score (nSPS) is 13.5. The number of hydrogen-bond acceptors (Lipinski definition) is 5. The van der Waals surface area contributed by atoms with Crippen molar-refractivity contribution in [3.63, 3.8) is 0 Å². The average molecular weight is 413 g/mol. The van der Waals surface area contributed by atoms with Crippen LogP contribution < -0.4 is 16.3 Å². The summed E-state index contributed by atoms with van der Waals surface area (Å²) in [6.45, 7) is 8.54. The van der Waals surface area contributed by atoms with E-state index in [1.54, 1.807) is 19.0 Å². The van der Waals surface area contributed by atoms with Gasteiger partial charge in [0.15, 0.2) is 11.2 Å². The van der Waals surface area contributed by atoms with Crippen molar-refractivity contribution >= 4 is 34.4 Å². The highest BCUT2D eigenvalue weighted by molar-refractivity contribution is 6.30. The van der Waals surface area contributed by atoms with Crippen molar-refractivity contribution in [2.75, 3.05) is 5.01 Å². The number of rotatable bonds is 4. The Hall–Kier alpha value is -3.13. The number of imidazole rings is 1. The lowest BCUT2D eigenvalue weighted by molar-refractivity contribution is 0.648. The van der Waals surface area contributed by atoms with Crippen LogP contribution in [0.1, 0.15) is 19.4 Å². The van der Waals surface area contributed by atoms with Crippen LogP contribution in [0.4, 0.5) is 5.95 Å². The molecule has 9 heteroatoms. The van der Waals surface area contributed by atoms with Crippen molar-refractivity contribution in [1.82, 2.24) is 18.7 Å². The van der Waals surface area contributed by atoms with Gasteiger partial charge >= 0.3 is 5.69 Å². The Morgan fingerprint density at radius 1 is 1.31 bits per heavy atom. The summed E-state index contributed by atoms with van der Waals surface area (Å²) in [5.41, 5.74) is 2.45. The smallest absolute Gasteiger partial charge is 0.297 e. The van der Waals surface area contributed by atoms with Crippen molar-refractivity contribution in [2.45, 2.75) is 33.5 Å². The van der Waals surface area contributed by atoms with E-state index in [9.17, 15) is 9.59 Å². The number of anilines is 1. The summed E-state index contributed by atoms with van der Waals surface area (Å²) in [6.07, 6.45) is 0. The molecule has 3 heterocycles. The van der Waals surface area contributed by atoms with Crippen LogP contribution in [0.2, 0.25) is 5.02 Å². The van der Waals surface area contributed by atoms with Crippen molar-refractivity contribution < 1.29 is 0 Å². The minimum absolute atomic E-state index is 0.168. The molecule has 0 amide bonds. The second kappa shape index (κ2) is 7.04. The van der Waals surface area contributed by atoms with Crippen LogP contribution in [0.25, 0.3) is 11.2 Å². The Morgan fingerprint density at radius 3 is 2.76 bits per heavy atom. The molecule has 0 bridgehead atoms. The molecule has 1 aliphatic rings. The molecule has 0 spiro atoms. The molecule has 1 aliphatic heterocycles. The minimum Gasteiger partial charge on any atom is -0.297 e. The Bertz CT molecular complexity index is 1300. The van der Waals surface area contributed by atoms with Crippen molar-refractivity contribution in [2.24, 2.45) is 12.1 Å². The highest BCUT2D eigenvalue weighted by atomic mass is 35.5. The van der Waals surface area contributed by atoms with Crippen LogP contribution in [-0.2, 0) is 26.7 Å². The number of allylic oxidation sites excluding steroid dienone is 1. The fourth-order valence-corrected chi connectivity index (χ4v) is 3.75. The summed E-state index contributed by atoms with van der Waals surface area (Å²) in [5, 5.41) is 6.98. The number of aromatic nitrogens is 4. The van der Waals surface area contributed by atoms with Gasteiger partial charge in [-0.3, -0.25) is 18.5 Å². The number of hydrogen-bond donors (Lipinski definition) is 0. The number of fused-ring (bicyclic) bond motifs is 3. The quantitative estimate of drug-likeness (QED) is 0.617. The predicted octanol–water partition coefficient (Wildman–Crippen LogP) is 2.52. The number of benzene rings is 1. The molecule has 1 aromatic carbocycles. The van der Waals surface area contributed by atoms with Gasteiger partial charge in [-0.05, 0) is 31.5 Å². The van der Waals surface area contributed by atoms with E-state index in [-0.39, 0.29) is 12.1 Å². The number of aryl methyl sites for hydroxylation is 1. The molecule has 0 saturated heterocycles. The van der Waals surface area contributed by atoms with Gasteiger partial charge in [0.25, 0.3) is 5.56 Å². The lowest BCUT2D eigenvalue weighted by atomic mass is 10.2. The summed E-state index contributed by atoms with van der Waals surface area (Å²) in [7, 11) is 1.62. The van der Waals surface area contributed by atoms with Crippen LogP contribution in [0.15, 0.2) is 51.1 Å². The lowest BCUT2D eigenvalue weighted by Crippen LogP contribution is -2.40. The molecule has 2 aromatic heterocycles. The molecule has 3 aromatic rings. The molecule has 0 radical (unpaired) electrons. The van der Waals surface area contributed by atoms with E-state index in [4.69, 9.17) is 11.6 Å². The van der Waals surface area contributed by atoms with E-state index in [2.05, 4.69) is 16.7 Å². The average Bonchev–Trinajstić information content (AvgIpc) is 3.03. The fraction of sp³-hybridized carbons (Fsp3) is 0.300. The summed E-state index contributed by atoms with van der Waals surface area (Å²) < 4.78 is 4.42. The third kappa shape index (κ3) is 3.29. The van der Waals surface area contributed by atoms with Crippen molar-refractivity contribution in [1.29, 1.82) is 0 Å². The predicted molar refractivity (Wildman–Crippen MR) is 115 cm³/mol. The first-order chi connectivity index (χ1) is 13.8. The molecule has 0 aliphatic carbocycles. The monoisotopic (exact) mass is 412 g/mol. The third-order valence-corrected chi connectivity index (χ3v) is 5.01. The maximum absolute atomic E-state index is 13.2. The Balaban J connectivity index is 1.91. The van der Waals surface area contributed by atoms with E-state index >= 15 is 0 Å². The molecule has 0 fully saturated rings. The summed E-state index contributed by atoms with van der Waals surface area (Å²) in [4.78, 5) is 30.5. The molecule has 29 heavy (non-hydrogen) atoms. The molecule has 150 valence electrons. The van der Waals surface area contributed by atoms with E-state index in [1.165, 1.54) is 9.13 Å². The maximum atomic E-state index is 13.2. The van der Waals surface area contributed by atoms with Crippen molar-refractivity contribution in [3.8, 4) is 0 Å². The van der Waals surface area contributed by atoms with E-state index < -0.39 is 5.69 Å². The first-order valence-electron chi connectivity index (χ1n) is 9.16. The standard InChI is InChI=1S/C20H21ClN6O2/c1-12(2)9-26-18(28)16-17(24(4)20(26)29)22-19-25(16)10-13(3)23-27(19)11-14-6-5-7-15(21)8-14/h5-8H,1,9-11H2,2-4H3. The first-order valence-corrected chi connectivity index (χ1v) is 9.54. The van der Waals surface area contributed by atoms with Gasteiger partial charge in [0.2, 0.25) is 5.95 Å². The SMILES string of the molecule is C=C(C)Cn1c(=O)c2c(nc3n2CC(C)=NN3Cc2cccc(Cl)c2)n(C)c1=O. The van der Waals surface area contributed by atoms with Gasteiger partial charge in [-0.25, -0.2) is 9.80 Å². The largest absolute Gasteiger partial charge is 0.332 e. The number of nitrogens with zero attached hydrogens (tertiary/aromatic N) is 6. The number of hydrazone groups is 1. The Labute approximate surface area is 172 Å². The van der Waals surface area contributed by atoms with Crippen LogP contribution in [-0.4, -0.2) is 24.4 Å². The van der Waals surface area contributed by atoms with Gasteiger partial charge in [-0.15, -0.1) is 0 Å². The third-order valence-electron chi connectivity index (χ3n) is 4.77. The first kappa shape index (κ1) is 19.2. The summed E-state index contributed by atoms with van der Waals surface area (Å²) >= 11 is 6.11. The summed E-state index contributed by atoms with van der Waals surface area (Å²) in [6, 6.07) is 7.50. The summed E-state index contributed by atoms with van der Waals surface area (Å²) in [5.74, 6) is 0.519. The Morgan fingerprint density at radius 2 is 2.07 bits per heavy atom. The molecule has 0 N–H and O–H groups in total. The highest BCUT2D eigenvalue weighted by Crippen LogP contribution is 2.25. The molecule has 4 rings (SSSR count). The van der Waals surface area contributed by atoms with Gasteiger partial charge < -0.3 is 0 Å². The van der Waals surface area contributed by atoms with Gasteiger partial charge in [-0.2, -0.15) is 10.1 Å². The Kier molecular flexibility index (Phi) is 4.66. The zero-order chi connectivity index (χ0) is 20.9. The zero-order valence-corrected chi connectivity index (χ0v) is 17.3. The van der Waals surface area contributed by atoms with Gasteiger partial charge in [0.1, 0.15) is 0 Å². The molecule has 0 unspecified atom stereocenters. The molecule has 0 saturated carbocycles. The highest BCUT2D eigenvalue weighted by Gasteiger charge is 2.26. The second-order valence-corrected chi connectivity index (χ2v) is 7.82. The maximum Gasteiger partial charge on any atom is 0.332 e. The van der Waals surface area contributed by atoms with Crippen LogP contribution >= 0.6 is 11.6 Å². The van der Waals surface area contributed by atoms with Crippen LogP contribution in [0, 0.1) is 0 Å². The zero-order valence-electron chi connectivity index (χ0n) is 16.5. The number of halogens is 1. The minimum atomic E-state index is -0.417.